The van der Waals surface area contributed by atoms with Crippen LogP contribution < -0.4 is 5.32 Å². The summed E-state index contributed by atoms with van der Waals surface area (Å²) in [4.78, 5) is 27.8. The van der Waals surface area contributed by atoms with E-state index in [4.69, 9.17) is 16.0 Å². The lowest BCUT2D eigenvalue weighted by Crippen LogP contribution is -2.44. The van der Waals surface area contributed by atoms with Gasteiger partial charge in [0.2, 0.25) is 5.78 Å². The second-order valence-corrected chi connectivity index (χ2v) is 8.87. The van der Waals surface area contributed by atoms with E-state index in [0.717, 1.165) is 63.4 Å². The monoisotopic (exact) mass is 471 g/mol. The van der Waals surface area contributed by atoms with Crippen LogP contribution in [-0.4, -0.2) is 91.6 Å². The van der Waals surface area contributed by atoms with Crippen LogP contribution in [0.2, 0.25) is 5.02 Å². The van der Waals surface area contributed by atoms with Crippen molar-refractivity contribution in [2.45, 2.75) is 18.9 Å². The molecule has 2 aliphatic rings. The highest BCUT2D eigenvalue weighted by Crippen LogP contribution is 2.23. The van der Waals surface area contributed by atoms with E-state index in [2.05, 4.69) is 15.3 Å². The van der Waals surface area contributed by atoms with Crippen molar-refractivity contribution in [1.29, 1.82) is 0 Å². The molecule has 2 fully saturated rings. The van der Waals surface area contributed by atoms with Gasteiger partial charge in [0.1, 0.15) is 11.5 Å². The van der Waals surface area contributed by atoms with Crippen LogP contribution in [-0.2, 0) is 9.59 Å². The summed E-state index contributed by atoms with van der Waals surface area (Å²) in [5.41, 5.74) is 0.934. The number of piperazine rings is 1. The summed E-state index contributed by atoms with van der Waals surface area (Å²) in [7, 11) is 0. The Bertz CT molecular complexity index is 955. The van der Waals surface area contributed by atoms with Gasteiger partial charge >= 0.3 is 0 Å². The van der Waals surface area contributed by atoms with Crippen LogP contribution in [0.1, 0.15) is 18.6 Å². The number of nitrogens with one attached hydrogen (secondary N) is 1. The average molecular weight is 472 g/mol. The summed E-state index contributed by atoms with van der Waals surface area (Å²) in [6.07, 6.45) is 4.13. The van der Waals surface area contributed by atoms with Gasteiger partial charge in [0.25, 0.3) is 0 Å². The van der Waals surface area contributed by atoms with Gasteiger partial charge in [-0.1, -0.05) is 11.6 Å². The van der Waals surface area contributed by atoms with Gasteiger partial charge in [0.05, 0.1) is 25.5 Å². The lowest BCUT2D eigenvalue weighted by Gasteiger charge is -2.27. The van der Waals surface area contributed by atoms with Gasteiger partial charge in [-0.05, 0) is 55.8 Å². The molecule has 1 N–H and O–H groups in total. The third kappa shape index (κ3) is 6.51. The first-order valence-corrected chi connectivity index (χ1v) is 11.8. The molecule has 2 aliphatic heterocycles. The molecule has 1 aromatic carbocycles. The summed E-state index contributed by atoms with van der Waals surface area (Å²) in [6.45, 7) is 7.02. The molecule has 33 heavy (non-hydrogen) atoms. The van der Waals surface area contributed by atoms with Gasteiger partial charge < -0.3 is 14.6 Å². The van der Waals surface area contributed by atoms with Crippen LogP contribution in [0.3, 0.4) is 0 Å². The van der Waals surface area contributed by atoms with Crippen LogP contribution in [0.25, 0.3) is 11.3 Å². The van der Waals surface area contributed by atoms with Gasteiger partial charge in [0, 0.05) is 43.3 Å². The molecule has 4 rings (SSSR count). The molecule has 3 heterocycles. The molecule has 176 valence electrons. The second-order valence-electron chi connectivity index (χ2n) is 8.43. The fraction of sp³-hybridized carbons (Fsp3) is 0.458. The first-order valence-electron chi connectivity index (χ1n) is 11.4. The number of hydrogen-bond acceptors (Lipinski definition) is 8. The number of carbonyl (C=O) groups excluding carboxylic acids is 2. The minimum atomic E-state index is -0.444. The van der Waals surface area contributed by atoms with E-state index in [1.165, 1.54) is 0 Å². The Labute approximate surface area is 199 Å². The predicted octanol–water partition coefficient (Wildman–Crippen LogP) is 2.33. The molecular weight excluding hydrogens is 442 g/mol. The maximum absolute atomic E-state index is 12.2. The van der Waals surface area contributed by atoms with Crippen LogP contribution in [0.15, 0.2) is 45.9 Å². The molecule has 8 nitrogen and oxygen atoms in total. The van der Waals surface area contributed by atoms with Gasteiger partial charge in [0.15, 0.2) is 6.29 Å². The van der Waals surface area contributed by atoms with Crippen molar-refractivity contribution in [2.75, 3.05) is 52.5 Å². The normalized spacial score (nSPS) is 20.0. The summed E-state index contributed by atoms with van der Waals surface area (Å²) < 4.78 is 5.86. The molecule has 1 atom stereocenters. The second kappa shape index (κ2) is 11.6. The van der Waals surface area contributed by atoms with Crippen LogP contribution in [0.4, 0.5) is 0 Å². The Morgan fingerprint density at radius 2 is 1.88 bits per heavy atom. The zero-order valence-corrected chi connectivity index (χ0v) is 19.4. The van der Waals surface area contributed by atoms with Crippen LogP contribution >= 0.6 is 11.6 Å². The van der Waals surface area contributed by atoms with Gasteiger partial charge in [-0.3, -0.25) is 19.5 Å². The highest BCUT2D eigenvalue weighted by atomic mass is 35.5. The van der Waals surface area contributed by atoms with E-state index >= 15 is 0 Å². The van der Waals surface area contributed by atoms with Crippen LogP contribution in [0, 0.1) is 0 Å². The third-order valence-electron chi connectivity index (χ3n) is 6.10. The quantitative estimate of drug-likeness (QED) is 0.246. The smallest absolute Gasteiger partial charge is 0.214 e. The van der Waals surface area contributed by atoms with Crippen molar-refractivity contribution in [1.82, 2.24) is 20.1 Å². The number of aldehydes is 1. The molecule has 0 spiro atoms. The summed E-state index contributed by atoms with van der Waals surface area (Å²) >= 11 is 5.95. The number of hydrogen-bond donors (Lipinski definition) is 1. The number of ketones is 1. The van der Waals surface area contributed by atoms with Crippen molar-refractivity contribution in [2.24, 2.45) is 5.10 Å². The summed E-state index contributed by atoms with van der Waals surface area (Å²) in [5.74, 6) is 0.958. The predicted molar refractivity (Wildman–Crippen MR) is 128 cm³/mol. The zero-order chi connectivity index (χ0) is 23.0. The topological polar surface area (TPSA) is 81.4 Å². The number of unbranched alkanes of at least 4 members (excludes halogenated alkanes) is 1. The van der Waals surface area contributed by atoms with Gasteiger partial charge in [-0.25, -0.2) is 0 Å². The highest BCUT2D eigenvalue weighted by Gasteiger charge is 2.34. The molecule has 1 aromatic heterocycles. The molecule has 0 amide bonds. The van der Waals surface area contributed by atoms with Crippen molar-refractivity contribution in [3.63, 3.8) is 0 Å². The summed E-state index contributed by atoms with van der Waals surface area (Å²) in [5, 5.41) is 10.4. The molecular formula is C24H30ClN5O3. The van der Waals surface area contributed by atoms with Crippen molar-refractivity contribution < 1.29 is 14.0 Å². The van der Waals surface area contributed by atoms with E-state index in [0.29, 0.717) is 30.3 Å². The largest absolute Gasteiger partial charge is 0.455 e. The minimum Gasteiger partial charge on any atom is -0.455 e. The van der Waals surface area contributed by atoms with E-state index in [9.17, 15) is 9.59 Å². The number of halogens is 1. The molecule has 9 heteroatoms. The lowest BCUT2D eigenvalue weighted by atomic mass is 10.1. The van der Waals surface area contributed by atoms with Crippen molar-refractivity contribution in [3.8, 4) is 11.3 Å². The average Bonchev–Trinajstić information content (AvgIpc) is 3.48. The third-order valence-corrected chi connectivity index (χ3v) is 6.35. The van der Waals surface area contributed by atoms with E-state index in [1.54, 1.807) is 6.21 Å². The fourth-order valence-electron chi connectivity index (χ4n) is 4.25. The standard InChI is InChI=1S/C24H30ClN5O3/c25-20-5-3-19(4-6-20)24-8-7-21(33-24)15-27-30-16-22(23(32)17-31)29(18-30)12-2-1-11-28-13-9-26-10-14-28/h3-8,15,17,22,26H,1-2,9-14,16,18H2. The molecule has 0 saturated carbocycles. The van der Waals surface area contributed by atoms with E-state index in [1.807, 2.05) is 46.3 Å². The molecule has 0 bridgehead atoms. The molecule has 1 unspecified atom stereocenters. The first-order chi connectivity index (χ1) is 16.1. The number of rotatable bonds is 10. The zero-order valence-electron chi connectivity index (χ0n) is 18.7. The Kier molecular flexibility index (Phi) is 8.28. The highest BCUT2D eigenvalue weighted by molar-refractivity contribution is 6.30. The SMILES string of the molecule is O=CC(=O)C1CN(N=Cc2ccc(-c3ccc(Cl)cc3)o2)CN1CCCCN1CCNCC1. The number of furan rings is 1. The van der Waals surface area contributed by atoms with E-state index < -0.39 is 11.8 Å². The Morgan fingerprint density at radius 1 is 1.12 bits per heavy atom. The summed E-state index contributed by atoms with van der Waals surface area (Å²) in [6, 6.07) is 10.7. The molecule has 2 saturated heterocycles. The molecule has 0 radical (unpaired) electrons. The number of carbonyl (C=O) groups is 2. The maximum atomic E-state index is 12.2. The Balaban J connectivity index is 1.30. The van der Waals surface area contributed by atoms with Gasteiger partial charge in [-0.15, -0.1) is 0 Å². The Hall–Kier alpha value is -2.52. The first kappa shape index (κ1) is 23.6. The van der Waals surface area contributed by atoms with Gasteiger partial charge in [-0.2, -0.15) is 5.10 Å². The van der Waals surface area contributed by atoms with Crippen molar-refractivity contribution >= 4 is 29.9 Å². The number of benzene rings is 1. The van der Waals surface area contributed by atoms with Crippen molar-refractivity contribution in [3.05, 3.63) is 47.2 Å². The van der Waals surface area contributed by atoms with Crippen LogP contribution in [0.5, 0.6) is 0 Å². The minimum absolute atomic E-state index is 0.391. The maximum Gasteiger partial charge on any atom is 0.214 e. The fourth-order valence-corrected chi connectivity index (χ4v) is 4.38. The van der Waals surface area contributed by atoms with E-state index in [-0.39, 0.29) is 0 Å². The lowest BCUT2D eigenvalue weighted by molar-refractivity contribution is -0.132. The molecule has 2 aromatic rings. The Morgan fingerprint density at radius 3 is 2.64 bits per heavy atom. The molecule has 0 aliphatic carbocycles. The number of nitrogens with zero attached hydrogens (tertiary/aromatic N) is 4. The number of hydrazone groups is 1. The number of Topliss-reactive ketones (excluding diaryl/α,β-unsaturated/α-hetero) is 1.